The molecule has 0 amide bonds. The molecule has 0 unspecified atom stereocenters. The van der Waals surface area contributed by atoms with E-state index in [1.165, 1.54) is 23.3 Å². The molecule has 0 N–H and O–H groups in total. The van der Waals surface area contributed by atoms with Crippen LogP contribution in [0.1, 0.15) is 23.1 Å². The summed E-state index contributed by atoms with van der Waals surface area (Å²) in [7, 11) is 0. The molecule has 0 aromatic heterocycles. The Hall–Kier alpha value is -1.42. The molecule has 2 aromatic rings. The molecule has 1 aliphatic rings. The van der Waals surface area contributed by atoms with E-state index in [1.54, 1.807) is 6.07 Å². The number of aryl methyl sites for hydroxylation is 2. The lowest BCUT2D eigenvalue weighted by Gasteiger charge is -2.10. The average molecular weight is 339 g/mol. The lowest BCUT2D eigenvalue weighted by molar-refractivity contribution is 0.406. The van der Waals surface area contributed by atoms with Gasteiger partial charge in [-0.3, -0.25) is 0 Å². The first-order valence-corrected chi connectivity index (χ1v) is 7.63. The quantitative estimate of drug-likeness (QED) is 0.704. The van der Waals surface area contributed by atoms with Crippen LogP contribution in [0.2, 0.25) is 0 Å². The molecule has 0 fully saturated rings. The first-order valence-electron chi connectivity index (χ1n) is 6.51. The summed E-state index contributed by atoms with van der Waals surface area (Å²) in [6.45, 7) is 0. The Morgan fingerprint density at radius 1 is 1.00 bits per heavy atom. The van der Waals surface area contributed by atoms with E-state index in [0.717, 1.165) is 19.3 Å². The van der Waals surface area contributed by atoms with Gasteiger partial charge in [-0.25, -0.2) is 8.78 Å². The monoisotopic (exact) mass is 338 g/mol. The summed E-state index contributed by atoms with van der Waals surface area (Å²) in [5, 5.41) is 0.403. The molecule has 0 saturated heterocycles. The van der Waals surface area contributed by atoms with Crippen LogP contribution in [0.15, 0.2) is 30.3 Å². The smallest absolute Gasteiger partial charge is 0.198 e. The molecule has 0 heterocycles. The largest absolute Gasteiger partial charge is 0.451 e. The van der Waals surface area contributed by atoms with Crippen molar-refractivity contribution in [3.63, 3.8) is 0 Å². The summed E-state index contributed by atoms with van der Waals surface area (Å²) in [5.41, 5.74) is 3.05. The van der Waals surface area contributed by atoms with E-state index in [2.05, 4.69) is 15.9 Å². The highest BCUT2D eigenvalue weighted by Gasteiger charge is 2.16. The van der Waals surface area contributed by atoms with Crippen LogP contribution < -0.4 is 4.74 Å². The van der Waals surface area contributed by atoms with Crippen LogP contribution in [0.5, 0.6) is 11.5 Å². The minimum absolute atomic E-state index is 0.340. The van der Waals surface area contributed by atoms with E-state index < -0.39 is 11.6 Å². The number of hydrogen-bond donors (Lipinski definition) is 0. The van der Waals surface area contributed by atoms with E-state index in [1.807, 2.05) is 12.1 Å². The Kier molecular flexibility index (Phi) is 3.74. The standard InChI is InChI=1S/C16H13BrF2O/c17-9-10-6-14(18)16(15(19)7-10)20-13-5-4-11-2-1-3-12(11)8-13/h4-8H,1-3,9H2. The average Bonchev–Trinajstić information content (AvgIpc) is 2.90. The van der Waals surface area contributed by atoms with Gasteiger partial charge in [0.2, 0.25) is 0 Å². The summed E-state index contributed by atoms with van der Waals surface area (Å²) < 4.78 is 33.1. The molecule has 4 heteroatoms. The van der Waals surface area contributed by atoms with Gasteiger partial charge in [0.05, 0.1) is 0 Å². The van der Waals surface area contributed by atoms with Crippen LogP contribution >= 0.6 is 15.9 Å². The SMILES string of the molecule is Fc1cc(CBr)cc(F)c1Oc1ccc2c(c1)CCC2. The number of rotatable bonds is 3. The summed E-state index contributed by atoms with van der Waals surface area (Å²) in [6, 6.07) is 8.17. The third-order valence-corrected chi connectivity index (χ3v) is 4.15. The van der Waals surface area contributed by atoms with E-state index in [0.29, 0.717) is 16.6 Å². The Balaban J connectivity index is 1.91. The minimum atomic E-state index is -0.681. The zero-order chi connectivity index (χ0) is 14.1. The van der Waals surface area contributed by atoms with Crippen LogP contribution in [-0.4, -0.2) is 0 Å². The zero-order valence-corrected chi connectivity index (χ0v) is 12.3. The highest BCUT2D eigenvalue weighted by molar-refractivity contribution is 9.08. The van der Waals surface area contributed by atoms with Crippen molar-refractivity contribution in [1.29, 1.82) is 0 Å². The highest BCUT2D eigenvalue weighted by atomic mass is 79.9. The molecule has 0 spiro atoms. The Bertz CT molecular complexity index is 632. The fourth-order valence-electron chi connectivity index (χ4n) is 2.52. The number of fused-ring (bicyclic) bond motifs is 1. The Labute approximate surface area is 124 Å². The molecule has 104 valence electrons. The molecule has 0 bridgehead atoms. The van der Waals surface area contributed by atoms with E-state index in [4.69, 9.17) is 4.74 Å². The second-order valence-corrected chi connectivity index (χ2v) is 5.47. The van der Waals surface area contributed by atoms with Crippen molar-refractivity contribution < 1.29 is 13.5 Å². The van der Waals surface area contributed by atoms with Gasteiger partial charge in [0.1, 0.15) is 5.75 Å². The number of ether oxygens (including phenoxy) is 1. The van der Waals surface area contributed by atoms with Crippen molar-refractivity contribution in [3.05, 3.63) is 58.7 Å². The normalized spacial score (nSPS) is 13.3. The van der Waals surface area contributed by atoms with Crippen LogP contribution in [-0.2, 0) is 18.2 Å². The van der Waals surface area contributed by atoms with Crippen molar-refractivity contribution in [1.82, 2.24) is 0 Å². The first-order chi connectivity index (χ1) is 9.67. The topological polar surface area (TPSA) is 9.23 Å². The maximum atomic E-state index is 13.9. The summed E-state index contributed by atoms with van der Waals surface area (Å²) in [6.07, 6.45) is 3.19. The van der Waals surface area contributed by atoms with Crippen LogP contribution in [0.4, 0.5) is 8.78 Å². The molecule has 2 aromatic carbocycles. The van der Waals surface area contributed by atoms with Gasteiger partial charge in [-0.2, -0.15) is 0 Å². The number of halogens is 3. The van der Waals surface area contributed by atoms with Crippen LogP contribution in [0, 0.1) is 11.6 Å². The molecular formula is C16H13BrF2O. The van der Waals surface area contributed by atoms with Gasteiger partial charge in [-0.15, -0.1) is 0 Å². The lowest BCUT2D eigenvalue weighted by atomic mass is 10.1. The molecule has 0 radical (unpaired) electrons. The fourth-order valence-corrected chi connectivity index (χ4v) is 2.84. The van der Waals surface area contributed by atoms with E-state index in [9.17, 15) is 8.78 Å². The van der Waals surface area contributed by atoms with Crippen LogP contribution in [0.3, 0.4) is 0 Å². The van der Waals surface area contributed by atoms with Crippen molar-refractivity contribution in [2.75, 3.05) is 0 Å². The van der Waals surface area contributed by atoms with Gasteiger partial charge in [-0.1, -0.05) is 22.0 Å². The number of benzene rings is 2. The molecule has 1 nitrogen and oxygen atoms in total. The molecule has 0 atom stereocenters. The lowest BCUT2D eigenvalue weighted by Crippen LogP contribution is -1.95. The molecular weight excluding hydrogens is 326 g/mol. The van der Waals surface area contributed by atoms with Crippen molar-refractivity contribution >= 4 is 15.9 Å². The molecule has 20 heavy (non-hydrogen) atoms. The summed E-state index contributed by atoms with van der Waals surface area (Å²) >= 11 is 3.18. The second kappa shape index (κ2) is 5.52. The van der Waals surface area contributed by atoms with Gasteiger partial charge in [0.15, 0.2) is 17.4 Å². The number of alkyl halides is 1. The fraction of sp³-hybridized carbons (Fsp3) is 0.250. The van der Waals surface area contributed by atoms with E-state index >= 15 is 0 Å². The Morgan fingerprint density at radius 3 is 2.40 bits per heavy atom. The van der Waals surface area contributed by atoms with Crippen molar-refractivity contribution in [2.45, 2.75) is 24.6 Å². The van der Waals surface area contributed by atoms with Gasteiger partial charge >= 0.3 is 0 Å². The van der Waals surface area contributed by atoms with Crippen molar-refractivity contribution in [3.8, 4) is 11.5 Å². The highest BCUT2D eigenvalue weighted by Crippen LogP contribution is 2.32. The first kappa shape index (κ1) is 13.6. The summed E-state index contributed by atoms with van der Waals surface area (Å²) in [4.78, 5) is 0. The van der Waals surface area contributed by atoms with Gasteiger partial charge < -0.3 is 4.74 Å². The zero-order valence-electron chi connectivity index (χ0n) is 10.8. The van der Waals surface area contributed by atoms with Crippen molar-refractivity contribution in [2.24, 2.45) is 0 Å². The maximum absolute atomic E-state index is 13.9. The van der Waals surface area contributed by atoms with E-state index in [-0.39, 0.29) is 5.75 Å². The molecule has 3 rings (SSSR count). The predicted molar refractivity (Wildman–Crippen MR) is 77.5 cm³/mol. The minimum Gasteiger partial charge on any atom is -0.451 e. The molecule has 0 saturated carbocycles. The second-order valence-electron chi connectivity index (χ2n) is 4.91. The third kappa shape index (κ3) is 2.57. The van der Waals surface area contributed by atoms with Gasteiger partial charge in [0.25, 0.3) is 0 Å². The molecule has 0 aliphatic heterocycles. The molecule has 1 aliphatic carbocycles. The maximum Gasteiger partial charge on any atom is 0.198 e. The summed E-state index contributed by atoms with van der Waals surface area (Å²) in [5.74, 6) is -1.22. The van der Waals surface area contributed by atoms with Crippen LogP contribution in [0.25, 0.3) is 0 Å². The predicted octanol–water partition coefficient (Wildman–Crippen LogP) is 5.14. The third-order valence-electron chi connectivity index (χ3n) is 3.50. The van der Waals surface area contributed by atoms with Gasteiger partial charge in [0, 0.05) is 5.33 Å². The number of hydrogen-bond acceptors (Lipinski definition) is 1. The van der Waals surface area contributed by atoms with Gasteiger partial charge in [-0.05, 0) is 60.2 Å². The Morgan fingerprint density at radius 2 is 1.70 bits per heavy atom.